The molecule has 2 amide bonds. The molecule has 1 saturated heterocycles. The van der Waals surface area contributed by atoms with Gasteiger partial charge in [-0.3, -0.25) is 9.59 Å². The van der Waals surface area contributed by atoms with Crippen LogP contribution in [0, 0.1) is 5.92 Å². The second kappa shape index (κ2) is 9.67. The number of hydrogen-bond acceptors (Lipinski definition) is 5. The zero-order chi connectivity index (χ0) is 23.7. The van der Waals surface area contributed by atoms with Crippen LogP contribution in [0.2, 0.25) is 0 Å². The molecule has 7 heteroatoms. The van der Waals surface area contributed by atoms with Crippen LogP contribution < -0.4 is 9.47 Å². The van der Waals surface area contributed by atoms with Crippen LogP contribution >= 0.6 is 11.8 Å². The smallest absolute Gasteiger partial charge is 0.254 e. The molecule has 0 bridgehead atoms. The number of benzene rings is 2. The number of thioether (sulfide) groups is 1. The summed E-state index contributed by atoms with van der Waals surface area (Å²) in [5.74, 6) is 0.894. The molecule has 2 aliphatic heterocycles. The summed E-state index contributed by atoms with van der Waals surface area (Å²) in [7, 11) is 4.91. The average molecular weight is 469 g/mol. The van der Waals surface area contributed by atoms with E-state index in [0.717, 1.165) is 36.4 Å². The molecule has 0 radical (unpaired) electrons. The summed E-state index contributed by atoms with van der Waals surface area (Å²) in [5, 5.41) is 0. The molecule has 2 aliphatic rings. The average Bonchev–Trinajstić information content (AvgIpc) is 2.85. The molecule has 176 valence electrons. The van der Waals surface area contributed by atoms with E-state index in [1.54, 1.807) is 44.0 Å². The van der Waals surface area contributed by atoms with E-state index in [9.17, 15) is 9.59 Å². The molecule has 0 saturated carbocycles. The lowest BCUT2D eigenvalue weighted by atomic mass is 9.78. The lowest BCUT2D eigenvalue weighted by molar-refractivity contribution is -0.136. The lowest BCUT2D eigenvalue weighted by Crippen LogP contribution is -2.49. The van der Waals surface area contributed by atoms with Crippen molar-refractivity contribution in [3.8, 4) is 11.5 Å². The maximum absolute atomic E-state index is 14.1. The minimum absolute atomic E-state index is 0.0633. The maximum Gasteiger partial charge on any atom is 0.254 e. The Bertz CT molecular complexity index is 1040. The van der Waals surface area contributed by atoms with Gasteiger partial charge in [-0.05, 0) is 60.4 Å². The molecule has 0 aromatic heterocycles. The highest BCUT2D eigenvalue weighted by atomic mass is 32.2. The van der Waals surface area contributed by atoms with Crippen LogP contribution in [0.1, 0.15) is 53.2 Å². The molecular formula is C26H32N2O4S. The van der Waals surface area contributed by atoms with Crippen LogP contribution in [0.3, 0.4) is 0 Å². The van der Waals surface area contributed by atoms with Gasteiger partial charge in [0.1, 0.15) is 0 Å². The van der Waals surface area contributed by atoms with Gasteiger partial charge in [0.05, 0.1) is 26.2 Å². The second-order valence-corrected chi connectivity index (χ2v) is 9.82. The highest BCUT2D eigenvalue weighted by Gasteiger charge is 2.45. The lowest BCUT2D eigenvalue weighted by Gasteiger charge is -2.43. The van der Waals surface area contributed by atoms with Gasteiger partial charge in [0.2, 0.25) is 5.91 Å². The number of fused-ring (bicyclic) bond motifs is 1. The Labute approximate surface area is 200 Å². The summed E-state index contributed by atoms with van der Waals surface area (Å²) >= 11 is 1.67. The number of piperidine rings is 1. The monoisotopic (exact) mass is 468 g/mol. The fourth-order valence-electron chi connectivity index (χ4n) is 5.12. The van der Waals surface area contributed by atoms with Gasteiger partial charge in [-0.2, -0.15) is 0 Å². The van der Waals surface area contributed by atoms with Crippen LogP contribution in [-0.2, 0) is 4.79 Å². The van der Waals surface area contributed by atoms with Gasteiger partial charge in [0.15, 0.2) is 11.5 Å². The summed E-state index contributed by atoms with van der Waals surface area (Å²) in [6.07, 6.45) is 4.17. The van der Waals surface area contributed by atoms with Crippen molar-refractivity contribution in [1.29, 1.82) is 0 Å². The number of likely N-dealkylation sites (N-methyl/N-ethyl adjacent to an activating group) is 1. The highest BCUT2D eigenvalue weighted by Crippen LogP contribution is 2.46. The Morgan fingerprint density at radius 2 is 1.76 bits per heavy atom. The molecule has 2 heterocycles. The zero-order valence-corrected chi connectivity index (χ0v) is 20.8. The third-order valence-corrected chi connectivity index (χ3v) is 7.61. The van der Waals surface area contributed by atoms with Gasteiger partial charge in [0, 0.05) is 30.6 Å². The molecule has 6 nitrogen and oxygen atoms in total. The first-order chi connectivity index (χ1) is 15.9. The third kappa shape index (κ3) is 4.31. The molecule has 4 rings (SSSR count). The summed E-state index contributed by atoms with van der Waals surface area (Å²) < 4.78 is 11.0. The Hall–Kier alpha value is -2.67. The van der Waals surface area contributed by atoms with E-state index in [1.165, 1.54) is 0 Å². The van der Waals surface area contributed by atoms with Crippen molar-refractivity contribution < 1.29 is 19.1 Å². The fraction of sp³-hybridized carbons (Fsp3) is 0.462. The van der Waals surface area contributed by atoms with E-state index in [4.69, 9.17) is 9.47 Å². The predicted molar refractivity (Wildman–Crippen MR) is 130 cm³/mol. The first-order valence-corrected chi connectivity index (χ1v) is 12.6. The van der Waals surface area contributed by atoms with Gasteiger partial charge < -0.3 is 19.3 Å². The van der Waals surface area contributed by atoms with Crippen LogP contribution in [0.4, 0.5) is 0 Å². The molecular weight excluding hydrogens is 436 g/mol. The van der Waals surface area contributed by atoms with Crippen LogP contribution in [0.15, 0.2) is 41.3 Å². The SMILES string of the molecule is COc1cc2c(cc1OC)[C@H](C(=O)N1CCC[C@H](C)C1)[C@@H](c1ccc(SC)cc1)N(C)C2=O. The van der Waals surface area contributed by atoms with Crippen LogP contribution in [-0.4, -0.2) is 62.2 Å². The summed E-state index contributed by atoms with van der Waals surface area (Å²) in [6, 6.07) is 11.3. The first kappa shape index (κ1) is 23.5. The van der Waals surface area contributed by atoms with Crippen molar-refractivity contribution in [2.45, 2.75) is 36.6 Å². The fourth-order valence-corrected chi connectivity index (χ4v) is 5.53. The molecule has 0 aliphatic carbocycles. The van der Waals surface area contributed by atoms with E-state index in [1.807, 2.05) is 41.5 Å². The van der Waals surface area contributed by atoms with Gasteiger partial charge in [0.25, 0.3) is 5.91 Å². The van der Waals surface area contributed by atoms with E-state index >= 15 is 0 Å². The van der Waals surface area contributed by atoms with Crippen LogP contribution in [0.5, 0.6) is 11.5 Å². The normalized spacial score (nSPS) is 22.7. The Balaban J connectivity index is 1.87. The van der Waals surface area contributed by atoms with Gasteiger partial charge in [-0.15, -0.1) is 11.8 Å². The van der Waals surface area contributed by atoms with Crippen LogP contribution in [0.25, 0.3) is 0 Å². The summed E-state index contributed by atoms with van der Waals surface area (Å²) in [6.45, 7) is 3.68. The molecule has 3 atom stereocenters. The predicted octanol–water partition coefficient (Wildman–Crippen LogP) is 4.59. The number of nitrogens with zero attached hydrogens (tertiary/aromatic N) is 2. The molecule has 2 aromatic rings. The van der Waals surface area contributed by atoms with E-state index in [2.05, 4.69) is 6.92 Å². The number of rotatable bonds is 5. The number of hydrogen-bond donors (Lipinski definition) is 0. The summed E-state index contributed by atoms with van der Waals surface area (Å²) in [4.78, 5) is 32.4. The number of methoxy groups -OCH3 is 2. The molecule has 0 unspecified atom stereocenters. The topological polar surface area (TPSA) is 59.1 Å². The van der Waals surface area contributed by atoms with Gasteiger partial charge in [-0.1, -0.05) is 19.1 Å². The Kier molecular flexibility index (Phi) is 6.88. The Morgan fingerprint density at radius 1 is 1.09 bits per heavy atom. The van der Waals surface area contributed by atoms with E-state index in [0.29, 0.717) is 28.5 Å². The Morgan fingerprint density at radius 3 is 2.36 bits per heavy atom. The third-order valence-electron chi connectivity index (χ3n) is 6.87. The minimum atomic E-state index is -0.520. The van der Waals surface area contributed by atoms with E-state index < -0.39 is 12.0 Å². The quantitative estimate of drug-likeness (QED) is 0.601. The van der Waals surface area contributed by atoms with Crippen molar-refractivity contribution in [2.24, 2.45) is 5.92 Å². The van der Waals surface area contributed by atoms with E-state index in [-0.39, 0.29) is 11.8 Å². The van der Waals surface area contributed by atoms with Gasteiger partial charge >= 0.3 is 0 Å². The first-order valence-electron chi connectivity index (χ1n) is 11.3. The molecule has 0 spiro atoms. The number of amides is 2. The van der Waals surface area contributed by atoms with Crippen molar-refractivity contribution in [1.82, 2.24) is 9.80 Å². The molecule has 2 aromatic carbocycles. The number of likely N-dealkylation sites (tertiary alicyclic amines) is 1. The molecule has 33 heavy (non-hydrogen) atoms. The largest absolute Gasteiger partial charge is 0.493 e. The second-order valence-electron chi connectivity index (χ2n) is 8.94. The van der Waals surface area contributed by atoms with Crippen molar-refractivity contribution in [3.05, 3.63) is 53.1 Å². The number of carbonyl (C=O) groups excluding carboxylic acids is 2. The van der Waals surface area contributed by atoms with Gasteiger partial charge in [-0.25, -0.2) is 0 Å². The van der Waals surface area contributed by atoms with Crippen molar-refractivity contribution in [3.63, 3.8) is 0 Å². The minimum Gasteiger partial charge on any atom is -0.493 e. The van der Waals surface area contributed by atoms with Crippen molar-refractivity contribution >= 4 is 23.6 Å². The zero-order valence-electron chi connectivity index (χ0n) is 20.0. The summed E-state index contributed by atoms with van der Waals surface area (Å²) in [5.41, 5.74) is 2.15. The number of carbonyl (C=O) groups is 2. The standard InChI is InChI=1S/C26H32N2O4S/c1-16-7-6-12-28(15-16)26(30)23-19-13-21(31-3)22(32-4)14-20(19)25(29)27(2)24(23)17-8-10-18(33-5)11-9-17/h8-11,13-14,16,23-24H,6-7,12,15H2,1-5H3/t16-,23-,24+/m0/s1. The molecule has 1 fully saturated rings. The highest BCUT2D eigenvalue weighted by molar-refractivity contribution is 7.98. The molecule has 0 N–H and O–H groups in total. The number of ether oxygens (including phenoxy) is 2. The maximum atomic E-state index is 14.1. The van der Waals surface area contributed by atoms with Crippen molar-refractivity contribution in [2.75, 3.05) is 40.6 Å².